The quantitative estimate of drug-likeness (QED) is 0.907. The number of nitrogens with zero attached hydrogens (tertiary/aromatic N) is 1. The first-order valence-electron chi connectivity index (χ1n) is 8.09. The van der Waals surface area contributed by atoms with Gasteiger partial charge in [-0.25, -0.2) is 0 Å². The van der Waals surface area contributed by atoms with E-state index in [1.54, 1.807) is 0 Å². The Morgan fingerprint density at radius 3 is 2.43 bits per heavy atom. The van der Waals surface area contributed by atoms with E-state index in [0.29, 0.717) is 6.61 Å². The predicted molar refractivity (Wildman–Crippen MR) is 97.2 cm³/mol. The van der Waals surface area contributed by atoms with Gasteiger partial charge in [-0.05, 0) is 42.8 Å². The highest BCUT2D eigenvalue weighted by molar-refractivity contribution is 5.85. The smallest absolute Gasteiger partial charge is 0.119 e. The molecule has 0 amide bonds. The molecule has 0 bridgehead atoms. The number of hydrogen-bond donors (Lipinski definition) is 1. The number of halogens is 1. The second-order valence-electron chi connectivity index (χ2n) is 5.80. The van der Waals surface area contributed by atoms with Crippen LogP contribution in [-0.2, 0) is 13.2 Å². The minimum Gasteiger partial charge on any atom is -0.489 e. The zero-order chi connectivity index (χ0) is 15.0. The predicted octanol–water partition coefficient (Wildman–Crippen LogP) is 3.48. The summed E-state index contributed by atoms with van der Waals surface area (Å²) < 4.78 is 5.83. The molecule has 4 heteroatoms. The summed E-state index contributed by atoms with van der Waals surface area (Å²) in [5.41, 5.74) is 2.55. The molecule has 1 aliphatic rings. The van der Waals surface area contributed by atoms with Gasteiger partial charge in [0.1, 0.15) is 12.4 Å². The molecule has 2 aromatic rings. The summed E-state index contributed by atoms with van der Waals surface area (Å²) >= 11 is 0. The monoisotopic (exact) mass is 332 g/mol. The normalized spacial score (nSPS) is 15.5. The summed E-state index contributed by atoms with van der Waals surface area (Å²) in [5, 5.41) is 3.44. The van der Waals surface area contributed by atoms with E-state index < -0.39 is 0 Å². The van der Waals surface area contributed by atoms with Gasteiger partial charge in [-0.1, -0.05) is 42.5 Å². The first-order chi connectivity index (χ1) is 10.9. The Kier molecular flexibility index (Phi) is 7.40. The first-order valence-corrected chi connectivity index (χ1v) is 8.09. The van der Waals surface area contributed by atoms with Gasteiger partial charge in [0.2, 0.25) is 0 Å². The standard InChI is InChI=1S/C19H24N2O.ClH/c1-2-5-18(6-3-1)16-22-19-9-7-17(8-10-19)15-21-13-4-11-20-12-14-21;/h1-3,5-10,20H,4,11-16H2;1H. The van der Waals surface area contributed by atoms with Gasteiger partial charge in [0.25, 0.3) is 0 Å². The summed E-state index contributed by atoms with van der Waals surface area (Å²) in [5.74, 6) is 0.935. The van der Waals surface area contributed by atoms with Gasteiger partial charge in [0, 0.05) is 19.6 Å². The Balaban J connectivity index is 0.00000192. The molecule has 0 aromatic heterocycles. The van der Waals surface area contributed by atoms with Crippen LogP contribution in [0.25, 0.3) is 0 Å². The van der Waals surface area contributed by atoms with Crippen molar-refractivity contribution in [3.63, 3.8) is 0 Å². The molecule has 1 heterocycles. The molecule has 124 valence electrons. The molecule has 1 aliphatic heterocycles. The van der Waals surface area contributed by atoms with E-state index in [1.165, 1.54) is 24.1 Å². The molecule has 3 nitrogen and oxygen atoms in total. The van der Waals surface area contributed by atoms with E-state index >= 15 is 0 Å². The van der Waals surface area contributed by atoms with Crippen molar-refractivity contribution in [2.75, 3.05) is 26.2 Å². The topological polar surface area (TPSA) is 24.5 Å². The second kappa shape index (κ2) is 9.56. The molecule has 2 aromatic carbocycles. The zero-order valence-electron chi connectivity index (χ0n) is 13.4. The van der Waals surface area contributed by atoms with Gasteiger partial charge in [-0.3, -0.25) is 4.90 Å². The molecular weight excluding hydrogens is 308 g/mol. The lowest BCUT2D eigenvalue weighted by Gasteiger charge is -2.19. The molecule has 0 unspecified atom stereocenters. The van der Waals surface area contributed by atoms with Gasteiger partial charge < -0.3 is 10.1 Å². The van der Waals surface area contributed by atoms with Crippen molar-refractivity contribution < 1.29 is 4.74 Å². The van der Waals surface area contributed by atoms with Crippen LogP contribution < -0.4 is 10.1 Å². The van der Waals surface area contributed by atoms with E-state index in [2.05, 4.69) is 46.6 Å². The van der Waals surface area contributed by atoms with Crippen molar-refractivity contribution >= 4 is 12.4 Å². The molecule has 0 saturated carbocycles. The Morgan fingerprint density at radius 2 is 1.65 bits per heavy atom. The molecule has 0 atom stereocenters. The maximum atomic E-state index is 5.83. The molecule has 1 N–H and O–H groups in total. The van der Waals surface area contributed by atoms with Crippen molar-refractivity contribution in [3.05, 3.63) is 65.7 Å². The van der Waals surface area contributed by atoms with Crippen LogP contribution in [0.15, 0.2) is 54.6 Å². The van der Waals surface area contributed by atoms with Crippen LogP contribution in [0, 0.1) is 0 Å². The lowest BCUT2D eigenvalue weighted by Crippen LogP contribution is -2.27. The first kappa shape index (κ1) is 17.8. The van der Waals surface area contributed by atoms with Crippen LogP contribution in [0.2, 0.25) is 0 Å². The lowest BCUT2D eigenvalue weighted by molar-refractivity contribution is 0.283. The highest BCUT2D eigenvalue weighted by Gasteiger charge is 2.08. The third-order valence-electron chi connectivity index (χ3n) is 4.01. The van der Waals surface area contributed by atoms with Crippen LogP contribution in [-0.4, -0.2) is 31.1 Å². The fourth-order valence-corrected chi connectivity index (χ4v) is 2.75. The van der Waals surface area contributed by atoms with Crippen molar-refractivity contribution in [1.29, 1.82) is 0 Å². The Hall–Kier alpha value is -1.55. The molecular formula is C19H25ClN2O. The highest BCUT2D eigenvalue weighted by Crippen LogP contribution is 2.15. The lowest BCUT2D eigenvalue weighted by atomic mass is 10.2. The second-order valence-corrected chi connectivity index (χ2v) is 5.80. The number of rotatable bonds is 5. The molecule has 0 radical (unpaired) electrons. The molecule has 1 fully saturated rings. The summed E-state index contributed by atoms with van der Waals surface area (Å²) in [6.45, 7) is 6.20. The summed E-state index contributed by atoms with van der Waals surface area (Å²) in [6.07, 6.45) is 1.23. The molecule has 0 aliphatic carbocycles. The van der Waals surface area contributed by atoms with Crippen LogP contribution >= 0.6 is 12.4 Å². The average Bonchev–Trinajstić information content (AvgIpc) is 2.84. The highest BCUT2D eigenvalue weighted by atomic mass is 35.5. The number of benzene rings is 2. The molecule has 3 rings (SSSR count). The van der Waals surface area contributed by atoms with E-state index in [4.69, 9.17) is 4.74 Å². The van der Waals surface area contributed by atoms with Crippen LogP contribution in [0.5, 0.6) is 5.75 Å². The van der Waals surface area contributed by atoms with Gasteiger partial charge >= 0.3 is 0 Å². The molecule has 1 saturated heterocycles. The third kappa shape index (κ3) is 5.87. The van der Waals surface area contributed by atoms with Gasteiger partial charge in [0.05, 0.1) is 0 Å². The maximum Gasteiger partial charge on any atom is 0.119 e. The van der Waals surface area contributed by atoms with E-state index in [9.17, 15) is 0 Å². The van der Waals surface area contributed by atoms with Crippen molar-refractivity contribution in [1.82, 2.24) is 10.2 Å². The van der Waals surface area contributed by atoms with Crippen molar-refractivity contribution in [3.8, 4) is 5.75 Å². The fraction of sp³-hybridized carbons (Fsp3) is 0.368. The van der Waals surface area contributed by atoms with Gasteiger partial charge in [-0.15, -0.1) is 12.4 Å². The fourth-order valence-electron chi connectivity index (χ4n) is 2.75. The largest absolute Gasteiger partial charge is 0.489 e. The Bertz CT molecular complexity index is 551. The summed E-state index contributed by atoms with van der Waals surface area (Å²) in [6, 6.07) is 18.8. The summed E-state index contributed by atoms with van der Waals surface area (Å²) in [7, 11) is 0. The minimum atomic E-state index is 0. The molecule has 23 heavy (non-hydrogen) atoms. The maximum absolute atomic E-state index is 5.83. The van der Waals surface area contributed by atoms with Crippen molar-refractivity contribution in [2.24, 2.45) is 0 Å². The van der Waals surface area contributed by atoms with Crippen LogP contribution in [0.4, 0.5) is 0 Å². The average molecular weight is 333 g/mol. The Labute approximate surface area is 145 Å². The van der Waals surface area contributed by atoms with Gasteiger partial charge in [0.15, 0.2) is 0 Å². The van der Waals surface area contributed by atoms with Crippen LogP contribution in [0.1, 0.15) is 17.5 Å². The number of hydrogen-bond acceptors (Lipinski definition) is 3. The minimum absolute atomic E-state index is 0. The Morgan fingerprint density at radius 1 is 0.870 bits per heavy atom. The zero-order valence-corrected chi connectivity index (χ0v) is 14.2. The van der Waals surface area contributed by atoms with Crippen LogP contribution in [0.3, 0.4) is 0 Å². The summed E-state index contributed by atoms with van der Waals surface area (Å²) in [4.78, 5) is 2.51. The van der Waals surface area contributed by atoms with Gasteiger partial charge in [-0.2, -0.15) is 0 Å². The number of nitrogens with one attached hydrogen (secondary N) is 1. The molecule has 0 spiro atoms. The van der Waals surface area contributed by atoms with E-state index in [0.717, 1.165) is 31.9 Å². The van der Waals surface area contributed by atoms with Crippen molar-refractivity contribution in [2.45, 2.75) is 19.6 Å². The third-order valence-corrected chi connectivity index (χ3v) is 4.01. The SMILES string of the molecule is Cl.c1ccc(COc2ccc(CN3CCCNCC3)cc2)cc1. The van der Waals surface area contributed by atoms with E-state index in [1.807, 2.05) is 18.2 Å². The number of ether oxygens (including phenoxy) is 1. The van der Waals surface area contributed by atoms with E-state index in [-0.39, 0.29) is 12.4 Å².